The molecule has 0 saturated heterocycles. The van der Waals surface area contributed by atoms with E-state index in [1.807, 2.05) is 11.6 Å². The Labute approximate surface area is 97.2 Å². The molecule has 0 bridgehead atoms. The van der Waals surface area contributed by atoms with Crippen LogP contribution in [0.15, 0.2) is 24.4 Å². The quantitative estimate of drug-likeness (QED) is 0.643. The van der Waals surface area contributed by atoms with Crippen LogP contribution in [0.1, 0.15) is 10.4 Å². The molecule has 88 valence electrons. The summed E-state index contributed by atoms with van der Waals surface area (Å²) in [5, 5.41) is 9.39. The van der Waals surface area contributed by atoms with Gasteiger partial charge >= 0.3 is 5.97 Å². The first-order valence-corrected chi connectivity index (χ1v) is 4.96. The third-order valence-electron chi connectivity index (χ3n) is 2.67. The van der Waals surface area contributed by atoms with Crippen molar-refractivity contribution in [3.8, 4) is 5.75 Å². The molecule has 1 aromatic carbocycles. The lowest BCUT2D eigenvalue weighted by Gasteiger charge is -2.07. The smallest absolute Gasteiger partial charge is 0.377 e. The highest BCUT2D eigenvalue weighted by molar-refractivity contribution is 6.43. The molecule has 2 rings (SSSR count). The zero-order valence-electron chi connectivity index (χ0n) is 9.43. The van der Waals surface area contributed by atoms with Crippen molar-refractivity contribution >= 4 is 22.7 Å². The topological polar surface area (TPSA) is 68.5 Å². The highest BCUT2D eigenvalue weighted by Crippen LogP contribution is 2.28. The number of benzene rings is 1. The number of hydrogen-bond acceptors (Lipinski definition) is 3. The van der Waals surface area contributed by atoms with Gasteiger partial charge in [0.2, 0.25) is 0 Å². The van der Waals surface area contributed by atoms with Gasteiger partial charge in [0.25, 0.3) is 5.78 Å². The molecule has 1 N–H and O–H groups in total. The third-order valence-corrected chi connectivity index (χ3v) is 2.67. The van der Waals surface area contributed by atoms with E-state index in [-0.39, 0.29) is 11.3 Å². The van der Waals surface area contributed by atoms with E-state index in [1.54, 1.807) is 24.4 Å². The highest BCUT2D eigenvalue weighted by Gasteiger charge is 2.23. The fraction of sp³-hybridized carbons (Fsp3) is 0.167. The molecule has 17 heavy (non-hydrogen) atoms. The number of rotatable bonds is 3. The number of fused-ring (bicyclic) bond motifs is 1. The number of ether oxygens (including phenoxy) is 1. The molecular formula is C12H11NO4. The number of carbonyl (C=O) groups excluding carboxylic acids is 1. The molecule has 0 amide bonds. The van der Waals surface area contributed by atoms with Crippen molar-refractivity contribution in [2.45, 2.75) is 0 Å². The first-order chi connectivity index (χ1) is 8.06. The maximum Gasteiger partial charge on any atom is 0.377 e. The van der Waals surface area contributed by atoms with Crippen LogP contribution in [-0.2, 0) is 11.8 Å². The zero-order chi connectivity index (χ0) is 12.6. The Morgan fingerprint density at radius 1 is 1.29 bits per heavy atom. The van der Waals surface area contributed by atoms with Crippen LogP contribution in [0.4, 0.5) is 0 Å². The van der Waals surface area contributed by atoms with E-state index in [9.17, 15) is 9.59 Å². The number of Topliss-reactive ketones (excluding diaryl/α,β-unsaturated/α-hetero) is 1. The average Bonchev–Trinajstić information content (AvgIpc) is 2.69. The van der Waals surface area contributed by atoms with Gasteiger partial charge in [-0.1, -0.05) is 0 Å². The molecule has 0 aliphatic heterocycles. The Kier molecular flexibility index (Phi) is 2.59. The second-order valence-electron chi connectivity index (χ2n) is 3.64. The molecule has 0 unspecified atom stereocenters. The van der Waals surface area contributed by atoms with Crippen LogP contribution >= 0.6 is 0 Å². The van der Waals surface area contributed by atoms with Gasteiger partial charge in [-0.05, 0) is 18.2 Å². The molecule has 5 nitrogen and oxygen atoms in total. The number of nitrogens with zero attached hydrogens (tertiary/aromatic N) is 1. The van der Waals surface area contributed by atoms with Gasteiger partial charge in [-0.25, -0.2) is 4.79 Å². The Morgan fingerprint density at radius 2 is 2.00 bits per heavy atom. The van der Waals surface area contributed by atoms with Crippen LogP contribution in [0, 0.1) is 0 Å². The van der Waals surface area contributed by atoms with Crippen LogP contribution in [0.5, 0.6) is 5.75 Å². The van der Waals surface area contributed by atoms with Crippen molar-refractivity contribution in [2.75, 3.05) is 7.11 Å². The summed E-state index contributed by atoms with van der Waals surface area (Å²) in [6.45, 7) is 0. The van der Waals surface area contributed by atoms with Crippen LogP contribution < -0.4 is 4.74 Å². The average molecular weight is 233 g/mol. The number of hydrogen-bond donors (Lipinski definition) is 1. The highest BCUT2D eigenvalue weighted by atomic mass is 16.5. The summed E-state index contributed by atoms with van der Waals surface area (Å²) in [4.78, 5) is 22.5. The predicted molar refractivity (Wildman–Crippen MR) is 61.4 cm³/mol. The minimum atomic E-state index is -1.49. The monoisotopic (exact) mass is 233 g/mol. The maximum atomic E-state index is 11.7. The molecular weight excluding hydrogens is 222 g/mol. The standard InChI is InChI=1S/C12H11NO4/c1-13-6-5-7-8(13)3-4-9(17-2)10(7)11(14)12(15)16/h3-6H,1-2H3,(H,15,16). The maximum absolute atomic E-state index is 11.7. The van der Waals surface area contributed by atoms with Gasteiger partial charge in [0, 0.05) is 24.1 Å². The summed E-state index contributed by atoms with van der Waals surface area (Å²) in [5.41, 5.74) is 0.883. The summed E-state index contributed by atoms with van der Waals surface area (Å²) in [5.74, 6) is -2.17. The summed E-state index contributed by atoms with van der Waals surface area (Å²) >= 11 is 0. The minimum Gasteiger partial charge on any atom is -0.496 e. The summed E-state index contributed by atoms with van der Waals surface area (Å²) < 4.78 is 6.85. The van der Waals surface area contributed by atoms with E-state index >= 15 is 0 Å². The molecule has 0 fully saturated rings. The Balaban J connectivity index is 2.80. The van der Waals surface area contributed by atoms with E-state index in [0.29, 0.717) is 5.39 Å². The fourth-order valence-corrected chi connectivity index (χ4v) is 1.84. The van der Waals surface area contributed by atoms with Crippen LogP contribution in [0.3, 0.4) is 0 Å². The molecule has 0 aliphatic carbocycles. The molecule has 1 heterocycles. The summed E-state index contributed by atoms with van der Waals surface area (Å²) in [6, 6.07) is 5.08. The van der Waals surface area contributed by atoms with Crippen LogP contribution in [-0.4, -0.2) is 28.5 Å². The largest absolute Gasteiger partial charge is 0.496 e. The van der Waals surface area contributed by atoms with Gasteiger partial charge < -0.3 is 14.4 Å². The van der Waals surface area contributed by atoms with Crippen molar-refractivity contribution in [1.29, 1.82) is 0 Å². The first kappa shape index (κ1) is 11.2. The predicted octanol–water partition coefficient (Wildman–Crippen LogP) is 1.45. The van der Waals surface area contributed by atoms with Crippen molar-refractivity contribution in [3.63, 3.8) is 0 Å². The second kappa shape index (κ2) is 3.93. The zero-order valence-corrected chi connectivity index (χ0v) is 9.43. The van der Waals surface area contributed by atoms with Gasteiger partial charge in [-0.15, -0.1) is 0 Å². The second-order valence-corrected chi connectivity index (χ2v) is 3.64. The Hall–Kier alpha value is -2.30. The molecule has 2 aromatic rings. The number of aliphatic carboxylic acids is 1. The Morgan fingerprint density at radius 3 is 2.59 bits per heavy atom. The van der Waals surface area contributed by atoms with Crippen LogP contribution in [0.25, 0.3) is 10.9 Å². The lowest BCUT2D eigenvalue weighted by atomic mass is 10.0. The van der Waals surface area contributed by atoms with Gasteiger partial charge in [0.15, 0.2) is 0 Å². The van der Waals surface area contributed by atoms with E-state index < -0.39 is 11.8 Å². The first-order valence-electron chi connectivity index (χ1n) is 4.96. The van der Waals surface area contributed by atoms with E-state index in [0.717, 1.165) is 5.52 Å². The van der Waals surface area contributed by atoms with Crippen molar-refractivity contribution < 1.29 is 19.4 Å². The van der Waals surface area contributed by atoms with Gasteiger partial charge in [0.1, 0.15) is 5.75 Å². The summed E-state index contributed by atoms with van der Waals surface area (Å²) in [6.07, 6.45) is 1.77. The van der Waals surface area contributed by atoms with Crippen molar-refractivity contribution in [3.05, 3.63) is 30.0 Å². The number of carboxylic acids is 1. The van der Waals surface area contributed by atoms with E-state index in [4.69, 9.17) is 9.84 Å². The number of aryl methyl sites for hydroxylation is 1. The molecule has 1 aromatic heterocycles. The van der Waals surface area contributed by atoms with Crippen molar-refractivity contribution in [1.82, 2.24) is 4.57 Å². The molecule has 0 atom stereocenters. The molecule has 5 heteroatoms. The normalized spacial score (nSPS) is 10.5. The number of carbonyl (C=O) groups is 2. The number of ketones is 1. The van der Waals surface area contributed by atoms with Gasteiger partial charge in [-0.2, -0.15) is 0 Å². The SMILES string of the molecule is COc1ccc2c(ccn2C)c1C(=O)C(=O)O. The van der Waals surface area contributed by atoms with Gasteiger partial charge in [-0.3, -0.25) is 4.79 Å². The molecule has 0 aliphatic rings. The lowest BCUT2D eigenvalue weighted by Crippen LogP contribution is -2.14. The molecule has 0 radical (unpaired) electrons. The number of aromatic nitrogens is 1. The van der Waals surface area contributed by atoms with Gasteiger partial charge in [0.05, 0.1) is 12.7 Å². The van der Waals surface area contributed by atoms with E-state index in [2.05, 4.69) is 0 Å². The van der Waals surface area contributed by atoms with Crippen LogP contribution in [0.2, 0.25) is 0 Å². The lowest BCUT2D eigenvalue weighted by molar-refractivity contribution is -0.131. The Bertz CT molecular complexity index is 612. The molecule has 0 spiro atoms. The number of carboxylic acid groups (broad SMARTS) is 1. The third kappa shape index (κ3) is 1.65. The van der Waals surface area contributed by atoms with E-state index in [1.165, 1.54) is 7.11 Å². The fourth-order valence-electron chi connectivity index (χ4n) is 1.84. The minimum absolute atomic E-state index is 0.0955. The molecule has 0 saturated carbocycles. The summed E-state index contributed by atoms with van der Waals surface area (Å²) in [7, 11) is 3.23. The van der Waals surface area contributed by atoms with Crippen molar-refractivity contribution in [2.24, 2.45) is 7.05 Å². The number of methoxy groups -OCH3 is 1.